The number of aryl methyl sites for hydroxylation is 2. The lowest BCUT2D eigenvalue weighted by Crippen LogP contribution is -2.46. The van der Waals surface area contributed by atoms with E-state index in [4.69, 9.17) is 9.47 Å². The van der Waals surface area contributed by atoms with E-state index in [1.165, 1.54) is 36.0 Å². The number of likely N-dealkylation sites (N-methyl/N-ethyl adjacent to an activating group) is 1. The minimum atomic E-state index is -0.0845. The quantitative estimate of drug-likeness (QED) is 0.892. The van der Waals surface area contributed by atoms with Crippen LogP contribution in [-0.2, 0) is 4.74 Å². The van der Waals surface area contributed by atoms with Crippen molar-refractivity contribution >= 4 is 0 Å². The predicted octanol–water partition coefficient (Wildman–Crippen LogP) is 3.92. The van der Waals surface area contributed by atoms with Crippen LogP contribution in [0.2, 0.25) is 0 Å². The molecule has 118 valence electrons. The molecule has 1 atom stereocenters. The van der Waals surface area contributed by atoms with Gasteiger partial charge in [0.25, 0.3) is 0 Å². The Labute approximate surface area is 129 Å². The Morgan fingerprint density at radius 1 is 1.05 bits per heavy atom. The van der Waals surface area contributed by atoms with Crippen molar-refractivity contribution in [3.63, 3.8) is 0 Å². The van der Waals surface area contributed by atoms with Crippen molar-refractivity contribution in [1.82, 2.24) is 5.32 Å². The zero-order chi connectivity index (χ0) is 15.5. The van der Waals surface area contributed by atoms with Crippen LogP contribution in [0.15, 0.2) is 12.1 Å². The zero-order valence-electron chi connectivity index (χ0n) is 14.1. The maximum Gasteiger partial charge on any atom is 0.122 e. The molecule has 3 heteroatoms. The van der Waals surface area contributed by atoms with Crippen LogP contribution >= 0.6 is 0 Å². The summed E-state index contributed by atoms with van der Waals surface area (Å²) < 4.78 is 11.5. The molecule has 0 amide bonds. The molecule has 2 rings (SSSR count). The maximum atomic E-state index is 6.04. The van der Waals surface area contributed by atoms with Crippen LogP contribution in [0.4, 0.5) is 0 Å². The average Bonchev–Trinajstić information content (AvgIpc) is 2.51. The fraction of sp³-hybridized carbons (Fsp3) is 0.667. The van der Waals surface area contributed by atoms with Crippen molar-refractivity contribution in [2.45, 2.75) is 57.6 Å². The summed E-state index contributed by atoms with van der Waals surface area (Å²) in [5.74, 6) is 0.959. The first-order valence-corrected chi connectivity index (χ1v) is 7.95. The van der Waals surface area contributed by atoms with Crippen molar-refractivity contribution in [3.05, 3.63) is 28.8 Å². The average molecular weight is 291 g/mol. The lowest BCUT2D eigenvalue weighted by molar-refractivity contribution is -0.0672. The Balaban J connectivity index is 2.43. The number of benzene rings is 1. The minimum absolute atomic E-state index is 0.0845. The van der Waals surface area contributed by atoms with Gasteiger partial charge in [-0.3, -0.25) is 0 Å². The third-order valence-electron chi connectivity index (χ3n) is 5.02. The minimum Gasteiger partial charge on any atom is -0.496 e. The summed E-state index contributed by atoms with van der Waals surface area (Å²) in [6.07, 6.45) is 6.07. The predicted molar refractivity (Wildman–Crippen MR) is 87.1 cm³/mol. The Hall–Kier alpha value is -1.06. The lowest BCUT2D eigenvalue weighted by Gasteiger charge is -2.43. The molecule has 0 aromatic heterocycles. The van der Waals surface area contributed by atoms with Gasteiger partial charge >= 0.3 is 0 Å². The van der Waals surface area contributed by atoms with Crippen LogP contribution in [0.1, 0.15) is 54.8 Å². The highest BCUT2D eigenvalue weighted by Gasteiger charge is 2.40. The van der Waals surface area contributed by atoms with Gasteiger partial charge in [-0.15, -0.1) is 0 Å². The van der Waals surface area contributed by atoms with E-state index < -0.39 is 0 Å². The molecule has 1 unspecified atom stereocenters. The summed E-state index contributed by atoms with van der Waals surface area (Å²) in [7, 11) is 5.63. The van der Waals surface area contributed by atoms with Crippen LogP contribution in [0, 0.1) is 13.8 Å². The molecule has 1 aliphatic carbocycles. The number of hydrogen-bond acceptors (Lipinski definition) is 3. The fourth-order valence-corrected chi connectivity index (χ4v) is 3.81. The van der Waals surface area contributed by atoms with E-state index in [9.17, 15) is 0 Å². The van der Waals surface area contributed by atoms with Crippen LogP contribution < -0.4 is 10.1 Å². The summed E-state index contributed by atoms with van der Waals surface area (Å²) in [5.41, 5.74) is 3.69. The lowest BCUT2D eigenvalue weighted by atomic mass is 9.75. The van der Waals surface area contributed by atoms with Gasteiger partial charge in [0.15, 0.2) is 0 Å². The molecule has 0 spiro atoms. The molecule has 0 bridgehead atoms. The first-order valence-electron chi connectivity index (χ1n) is 7.95. The van der Waals surface area contributed by atoms with E-state index in [1.54, 1.807) is 7.11 Å². The Kier molecular flexibility index (Phi) is 5.28. The summed E-state index contributed by atoms with van der Waals surface area (Å²) in [5, 5.41) is 3.52. The fourth-order valence-electron chi connectivity index (χ4n) is 3.81. The Morgan fingerprint density at radius 2 is 1.71 bits per heavy atom. The van der Waals surface area contributed by atoms with Crippen molar-refractivity contribution in [2.75, 3.05) is 21.3 Å². The normalized spacial score (nSPS) is 19.3. The van der Waals surface area contributed by atoms with Gasteiger partial charge in [0.2, 0.25) is 0 Å². The van der Waals surface area contributed by atoms with Crippen LogP contribution in [-0.4, -0.2) is 26.9 Å². The van der Waals surface area contributed by atoms with Gasteiger partial charge in [0.05, 0.1) is 18.8 Å². The summed E-state index contributed by atoms with van der Waals surface area (Å²) in [4.78, 5) is 0. The highest BCUT2D eigenvalue weighted by atomic mass is 16.5. The van der Waals surface area contributed by atoms with Gasteiger partial charge in [-0.1, -0.05) is 25.3 Å². The Morgan fingerprint density at radius 3 is 2.24 bits per heavy atom. The van der Waals surface area contributed by atoms with Gasteiger partial charge in [0, 0.05) is 7.11 Å². The SMILES string of the molecule is CNC(c1cc(C)c(OC)cc1C)C1(OC)CCCCC1. The van der Waals surface area contributed by atoms with Gasteiger partial charge in [-0.2, -0.15) is 0 Å². The van der Waals surface area contributed by atoms with Crippen LogP contribution in [0.3, 0.4) is 0 Å². The molecule has 1 aliphatic rings. The van der Waals surface area contributed by atoms with Gasteiger partial charge in [0.1, 0.15) is 5.75 Å². The van der Waals surface area contributed by atoms with Crippen LogP contribution in [0.5, 0.6) is 5.75 Å². The van der Waals surface area contributed by atoms with Crippen molar-refractivity contribution < 1.29 is 9.47 Å². The summed E-state index contributed by atoms with van der Waals surface area (Å²) in [6.45, 7) is 4.27. The first kappa shape index (κ1) is 16.3. The molecule has 0 radical (unpaired) electrons. The third kappa shape index (κ3) is 3.09. The van der Waals surface area contributed by atoms with Crippen molar-refractivity contribution in [3.8, 4) is 5.75 Å². The third-order valence-corrected chi connectivity index (χ3v) is 5.02. The molecule has 1 saturated carbocycles. The van der Waals surface area contributed by atoms with E-state index in [0.717, 1.165) is 18.6 Å². The largest absolute Gasteiger partial charge is 0.496 e. The molecule has 0 heterocycles. The monoisotopic (exact) mass is 291 g/mol. The highest BCUT2D eigenvalue weighted by molar-refractivity contribution is 5.43. The molecule has 1 aromatic carbocycles. The van der Waals surface area contributed by atoms with Gasteiger partial charge < -0.3 is 14.8 Å². The van der Waals surface area contributed by atoms with Gasteiger partial charge in [-0.05, 0) is 56.5 Å². The molecule has 3 nitrogen and oxygen atoms in total. The van der Waals surface area contributed by atoms with E-state index in [-0.39, 0.29) is 11.6 Å². The molecular formula is C18H29NO2. The molecule has 1 aromatic rings. The highest BCUT2D eigenvalue weighted by Crippen LogP contribution is 2.42. The van der Waals surface area contributed by atoms with Crippen LogP contribution in [0.25, 0.3) is 0 Å². The first-order chi connectivity index (χ1) is 10.1. The number of hydrogen-bond donors (Lipinski definition) is 1. The maximum absolute atomic E-state index is 6.04. The standard InChI is InChI=1S/C18H29NO2/c1-13-12-16(20-4)14(2)11-15(13)17(19-3)18(21-5)9-7-6-8-10-18/h11-12,17,19H,6-10H2,1-5H3. The molecule has 21 heavy (non-hydrogen) atoms. The number of ether oxygens (including phenoxy) is 2. The van der Waals surface area contributed by atoms with E-state index >= 15 is 0 Å². The Bertz CT molecular complexity index is 478. The number of rotatable bonds is 5. The zero-order valence-corrected chi connectivity index (χ0v) is 14.1. The molecule has 1 N–H and O–H groups in total. The van der Waals surface area contributed by atoms with Crippen molar-refractivity contribution in [2.24, 2.45) is 0 Å². The molecular weight excluding hydrogens is 262 g/mol. The molecule has 0 aliphatic heterocycles. The molecule has 1 fully saturated rings. The smallest absolute Gasteiger partial charge is 0.122 e. The van der Waals surface area contributed by atoms with Crippen molar-refractivity contribution in [1.29, 1.82) is 0 Å². The number of methoxy groups -OCH3 is 2. The second-order valence-corrected chi connectivity index (χ2v) is 6.23. The second kappa shape index (κ2) is 6.80. The van der Waals surface area contributed by atoms with E-state index in [2.05, 4.69) is 31.3 Å². The second-order valence-electron chi connectivity index (χ2n) is 6.23. The van der Waals surface area contributed by atoms with E-state index in [1.807, 2.05) is 14.2 Å². The summed E-state index contributed by atoms with van der Waals surface area (Å²) in [6, 6.07) is 4.62. The van der Waals surface area contributed by atoms with Gasteiger partial charge in [-0.25, -0.2) is 0 Å². The number of nitrogens with one attached hydrogen (secondary N) is 1. The van der Waals surface area contributed by atoms with E-state index in [0.29, 0.717) is 0 Å². The summed E-state index contributed by atoms with van der Waals surface area (Å²) >= 11 is 0. The topological polar surface area (TPSA) is 30.5 Å². The molecule has 0 saturated heterocycles.